The maximum Gasteiger partial charge on any atom is 0.278 e. The van der Waals surface area contributed by atoms with Crippen LogP contribution in [0.5, 0.6) is 0 Å². The van der Waals surface area contributed by atoms with E-state index in [0.29, 0.717) is 49.3 Å². The summed E-state index contributed by atoms with van der Waals surface area (Å²) in [6.07, 6.45) is 6.23. The monoisotopic (exact) mass is 381 g/mol. The average Bonchev–Trinajstić information content (AvgIpc) is 3.46. The third-order valence-corrected chi connectivity index (χ3v) is 5.29. The number of aromatic nitrogens is 6. The highest BCUT2D eigenvalue weighted by Gasteiger charge is 2.33. The molecule has 1 amide bonds. The molecule has 10 nitrogen and oxygen atoms in total. The van der Waals surface area contributed by atoms with Crippen molar-refractivity contribution in [3.63, 3.8) is 0 Å². The van der Waals surface area contributed by atoms with E-state index >= 15 is 0 Å². The molecule has 2 aliphatic rings. The summed E-state index contributed by atoms with van der Waals surface area (Å²) in [7, 11) is 1.86. The lowest BCUT2D eigenvalue weighted by Crippen LogP contribution is -2.26. The maximum atomic E-state index is 12.7. The van der Waals surface area contributed by atoms with Crippen molar-refractivity contribution in [3.8, 4) is 11.6 Å². The highest BCUT2D eigenvalue weighted by Crippen LogP contribution is 2.33. The molecule has 3 aromatic rings. The Morgan fingerprint density at radius 3 is 2.75 bits per heavy atom. The third-order valence-electron chi connectivity index (χ3n) is 5.29. The summed E-state index contributed by atoms with van der Waals surface area (Å²) in [5.41, 5.74) is 3.01. The van der Waals surface area contributed by atoms with Crippen molar-refractivity contribution in [2.45, 2.75) is 31.8 Å². The van der Waals surface area contributed by atoms with Gasteiger partial charge in [-0.05, 0) is 12.8 Å². The number of rotatable bonds is 3. The Bertz CT molecular complexity index is 1010. The van der Waals surface area contributed by atoms with Gasteiger partial charge in [-0.25, -0.2) is 9.97 Å². The van der Waals surface area contributed by atoms with E-state index in [0.717, 1.165) is 24.1 Å². The fourth-order valence-electron chi connectivity index (χ4n) is 3.75. The molecule has 10 heteroatoms. The van der Waals surface area contributed by atoms with Crippen LogP contribution < -0.4 is 0 Å². The average molecular weight is 381 g/mol. The molecule has 0 N–H and O–H groups in total. The molecule has 0 saturated carbocycles. The van der Waals surface area contributed by atoms with Crippen molar-refractivity contribution in [1.82, 2.24) is 34.8 Å². The standard InChI is InChI=1S/C18H19N7O3/c1-24-14-9-25(18(26)12-6-19-10-20-7-12)8-13(14)15(22-24)17-21-16(23-28-17)11-2-4-27-5-3-11/h6-7,10-11H,2-5,8-9H2,1H3. The lowest BCUT2D eigenvalue weighted by atomic mass is 10.00. The minimum atomic E-state index is -0.115. The number of nitrogens with zero attached hydrogens (tertiary/aromatic N) is 7. The molecule has 5 rings (SSSR count). The van der Waals surface area contributed by atoms with Crippen LogP contribution in [-0.2, 0) is 24.9 Å². The van der Waals surface area contributed by atoms with Gasteiger partial charge in [0.25, 0.3) is 11.8 Å². The van der Waals surface area contributed by atoms with E-state index in [1.165, 1.54) is 18.7 Å². The second-order valence-corrected chi connectivity index (χ2v) is 7.03. The van der Waals surface area contributed by atoms with Crippen LogP contribution in [-0.4, -0.2) is 53.9 Å². The van der Waals surface area contributed by atoms with Gasteiger partial charge in [-0.2, -0.15) is 10.1 Å². The number of hydrogen-bond donors (Lipinski definition) is 0. The highest BCUT2D eigenvalue weighted by molar-refractivity contribution is 5.94. The van der Waals surface area contributed by atoms with Gasteiger partial charge in [0.15, 0.2) is 11.5 Å². The SMILES string of the molecule is Cn1nc(-c2nc(C3CCOCC3)no2)c2c1CN(C(=O)c1cncnc1)C2. The lowest BCUT2D eigenvalue weighted by Gasteiger charge is -2.18. The fraction of sp³-hybridized carbons (Fsp3) is 0.444. The van der Waals surface area contributed by atoms with Crippen molar-refractivity contribution >= 4 is 5.91 Å². The van der Waals surface area contributed by atoms with Gasteiger partial charge < -0.3 is 14.2 Å². The van der Waals surface area contributed by atoms with Crippen molar-refractivity contribution < 1.29 is 14.1 Å². The smallest absolute Gasteiger partial charge is 0.278 e. The van der Waals surface area contributed by atoms with Crippen LogP contribution in [0.2, 0.25) is 0 Å². The lowest BCUT2D eigenvalue weighted by molar-refractivity contribution is 0.0747. The molecule has 1 saturated heterocycles. The van der Waals surface area contributed by atoms with Crippen molar-refractivity contribution in [3.05, 3.63) is 41.4 Å². The summed E-state index contributed by atoms with van der Waals surface area (Å²) in [6.45, 7) is 2.33. The number of fused-ring (bicyclic) bond motifs is 1. The first-order chi connectivity index (χ1) is 13.7. The Hall–Kier alpha value is -3.14. The second-order valence-electron chi connectivity index (χ2n) is 7.03. The molecule has 0 spiro atoms. The van der Waals surface area contributed by atoms with Crippen molar-refractivity contribution in [2.75, 3.05) is 13.2 Å². The predicted octanol–water partition coefficient (Wildman–Crippen LogP) is 1.31. The topological polar surface area (TPSA) is 112 Å². The number of carbonyl (C=O) groups is 1. The van der Waals surface area contributed by atoms with Crippen LogP contribution in [0.25, 0.3) is 11.6 Å². The molecule has 28 heavy (non-hydrogen) atoms. The Morgan fingerprint density at radius 1 is 1.18 bits per heavy atom. The maximum absolute atomic E-state index is 12.7. The number of aryl methyl sites for hydroxylation is 1. The zero-order valence-corrected chi connectivity index (χ0v) is 15.4. The molecular weight excluding hydrogens is 362 g/mol. The van der Waals surface area contributed by atoms with Crippen LogP contribution >= 0.6 is 0 Å². The molecule has 144 valence electrons. The van der Waals surface area contributed by atoms with Crippen molar-refractivity contribution in [1.29, 1.82) is 0 Å². The minimum Gasteiger partial charge on any atom is -0.381 e. The first-order valence-corrected chi connectivity index (χ1v) is 9.21. The molecule has 0 unspecified atom stereocenters. The van der Waals surface area contributed by atoms with E-state index in [-0.39, 0.29) is 11.8 Å². The van der Waals surface area contributed by atoms with Crippen molar-refractivity contribution in [2.24, 2.45) is 7.05 Å². The molecular formula is C18H19N7O3. The fourth-order valence-corrected chi connectivity index (χ4v) is 3.75. The molecule has 0 atom stereocenters. The van der Waals surface area contributed by atoms with Gasteiger partial charge in [0.2, 0.25) is 0 Å². The van der Waals surface area contributed by atoms with E-state index in [4.69, 9.17) is 9.26 Å². The normalized spacial score (nSPS) is 17.1. The second kappa shape index (κ2) is 6.79. The van der Waals surface area contributed by atoms with E-state index in [2.05, 4.69) is 25.2 Å². The largest absolute Gasteiger partial charge is 0.381 e. The van der Waals surface area contributed by atoms with E-state index in [9.17, 15) is 4.79 Å². The van der Waals surface area contributed by atoms with Gasteiger partial charge >= 0.3 is 0 Å². The number of hydrogen-bond acceptors (Lipinski definition) is 8. The first-order valence-electron chi connectivity index (χ1n) is 9.21. The summed E-state index contributed by atoms with van der Waals surface area (Å²) >= 11 is 0. The van der Waals surface area contributed by atoms with Crippen LogP contribution in [0.3, 0.4) is 0 Å². The van der Waals surface area contributed by atoms with Gasteiger partial charge in [0, 0.05) is 44.1 Å². The predicted molar refractivity (Wildman–Crippen MR) is 94.9 cm³/mol. The molecule has 2 aliphatic heterocycles. The zero-order chi connectivity index (χ0) is 19.1. The summed E-state index contributed by atoms with van der Waals surface area (Å²) < 4.78 is 12.7. The molecule has 1 fully saturated rings. The zero-order valence-electron chi connectivity index (χ0n) is 15.4. The van der Waals surface area contributed by atoms with Crippen LogP contribution in [0.1, 0.15) is 46.2 Å². The highest BCUT2D eigenvalue weighted by atomic mass is 16.5. The Kier molecular flexibility index (Phi) is 4.12. The number of amides is 1. The molecule has 5 heterocycles. The first kappa shape index (κ1) is 17.0. The molecule has 3 aromatic heterocycles. The van der Waals surface area contributed by atoms with Gasteiger partial charge in [0.1, 0.15) is 6.33 Å². The summed E-state index contributed by atoms with van der Waals surface area (Å²) in [5.74, 6) is 1.23. The molecule has 0 aliphatic carbocycles. The summed E-state index contributed by atoms with van der Waals surface area (Å²) in [6, 6.07) is 0. The summed E-state index contributed by atoms with van der Waals surface area (Å²) in [5, 5.41) is 8.73. The molecule has 0 bridgehead atoms. The quantitative estimate of drug-likeness (QED) is 0.667. The molecule has 0 radical (unpaired) electrons. The minimum absolute atomic E-state index is 0.115. The number of ether oxygens (including phenoxy) is 1. The van der Waals surface area contributed by atoms with Crippen LogP contribution in [0, 0.1) is 0 Å². The van der Waals surface area contributed by atoms with Crippen LogP contribution in [0.4, 0.5) is 0 Å². The Morgan fingerprint density at radius 2 is 1.96 bits per heavy atom. The van der Waals surface area contributed by atoms with Gasteiger partial charge in [-0.3, -0.25) is 9.48 Å². The van der Waals surface area contributed by atoms with Gasteiger partial charge in [-0.1, -0.05) is 5.16 Å². The third kappa shape index (κ3) is 2.85. The van der Waals surface area contributed by atoms with E-state index in [1.807, 2.05) is 7.05 Å². The number of carbonyl (C=O) groups excluding carboxylic acids is 1. The van der Waals surface area contributed by atoms with E-state index < -0.39 is 0 Å². The Labute approximate surface area is 160 Å². The van der Waals surface area contributed by atoms with Gasteiger partial charge in [-0.15, -0.1) is 0 Å². The Balaban J connectivity index is 1.41. The summed E-state index contributed by atoms with van der Waals surface area (Å²) in [4.78, 5) is 26.9. The molecule has 0 aromatic carbocycles. The van der Waals surface area contributed by atoms with E-state index in [1.54, 1.807) is 9.58 Å². The van der Waals surface area contributed by atoms with Gasteiger partial charge in [0.05, 0.1) is 24.3 Å². The van der Waals surface area contributed by atoms with Crippen LogP contribution in [0.15, 0.2) is 23.2 Å².